The quantitative estimate of drug-likeness (QED) is 0.616. The number of ether oxygens (including phenoxy) is 1. The number of nitro benzene ring substituents is 1. The van der Waals surface area contributed by atoms with Gasteiger partial charge < -0.3 is 9.64 Å². The van der Waals surface area contributed by atoms with Crippen LogP contribution in [0.2, 0.25) is 5.02 Å². The Kier molecular flexibility index (Phi) is 4.85. The molecule has 0 N–H and O–H groups in total. The molecule has 25 heavy (non-hydrogen) atoms. The van der Waals surface area contributed by atoms with E-state index in [1.807, 2.05) is 13.0 Å². The van der Waals surface area contributed by atoms with E-state index in [1.165, 1.54) is 23.1 Å². The normalized spacial score (nSPS) is 16.7. The van der Waals surface area contributed by atoms with Gasteiger partial charge >= 0.3 is 0 Å². The van der Waals surface area contributed by atoms with E-state index in [0.29, 0.717) is 25.4 Å². The predicted molar refractivity (Wildman–Crippen MR) is 92.0 cm³/mol. The van der Waals surface area contributed by atoms with Crippen LogP contribution in [0.25, 0.3) is 0 Å². The van der Waals surface area contributed by atoms with Crippen molar-refractivity contribution in [3.8, 4) is 5.88 Å². The molecule has 1 unspecified atom stereocenters. The molecular weight excluding hydrogens is 346 g/mol. The molecule has 1 aliphatic heterocycles. The Bertz CT molecular complexity index is 810. The standard InChI is InChI=1S/C17H16ClN3O4/c1-11-2-5-16(19-9-11)25-13-6-7-20(10-13)17(22)14-8-12(18)3-4-15(14)21(23)24/h2-5,8-9,13H,6-7,10H2,1H3. The first-order chi connectivity index (χ1) is 11.9. The number of hydrogen-bond donors (Lipinski definition) is 0. The second-order valence-corrected chi connectivity index (χ2v) is 6.31. The fourth-order valence-electron chi connectivity index (χ4n) is 2.71. The monoisotopic (exact) mass is 361 g/mol. The van der Waals surface area contributed by atoms with Gasteiger partial charge in [0.2, 0.25) is 5.88 Å². The smallest absolute Gasteiger partial charge is 0.282 e. The Morgan fingerprint density at radius 1 is 1.40 bits per heavy atom. The summed E-state index contributed by atoms with van der Waals surface area (Å²) in [5, 5.41) is 11.4. The van der Waals surface area contributed by atoms with Crippen molar-refractivity contribution in [3.05, 3.63) is 62.8 Å². The van der Waals surface area contributed by atoms with Gasteiger partial charge in [-0.2, -0.15) is 0 Å². The minimum absolute atomic E-state index is 0.00777. The molecule has 130 valence electrons. The van der Waals surface area contributed by atoms with Gasteiger partial charge in [0.1, 0.15) is 11.7 Å². The van der Waals surface area contributed by atoms with Crippen LogP contribution < -0.4 is 4.74 Å². The molecule has 1 aliphatic rings. The van der Waals surface area contributed by atoms with Crippen molar-refractivity contribution < 1.29 is 14.5 Å². The molecule has 1 aromatic heterocycles. The third-order valence-electron chi connectivity index (χ3n) is 3.99. The Balaban J connectivity index is 1.71. The number of carbonyl (C=O) groups is 1. The van der Waals surface area contributed by atoms with Crippen molar-refractivity contribution in [2.75, 3.05) is 13.1 Å². The molecule has 0 bridgehead atoms. The van der Waals surface area contributed by atoms with Crippen LogP contribution in [-0.2, 0) is 0 Å². The summed E-state index contributed by atoms with van der Waals surface area (Å²) >= 11 is 5.89. The minimum Gasteiger partial charge on any atom is -0.472 e. The Hall–Kier alpha value is -2.67. The number of carbonyl (C=O) groups excluding carboxylic acids is 1. The van der Waals surface area contributed by atoms with E-state index in [4.69, 9.17) is 16.3 Å². The summed E-state index contributed by atoms with van der Waals surface area (Å²) in [5.41, 5.74) is 0.773. The largest absolute Gasteiger partial charge is 0.472 e. The molecule has 3 rings (SSSR count). The first-order valence-corrected chi connectivity index (χ1v) is 8.14. The Morgan fingerprint density at radius 3 is 2.88 bits per heavy atom. The van der Waals surface area contributed by atoms with E-state index in [0.717, 1.165) is 5.56 Å². The summed E-state index contributed by atoms with van der Waals surface area (Å²) in [6.45, 7) is 2.74. The lowest BCUT2D eigenvalue weighted by molar-refractivity contribution is -0.385. The maximum atomic E-state index is 12.7. The topological polar surface area (TPSA) is 85.6 Å². The number of pyridine rings is 1. The van der Waals surface area contributed by atoms with E-state index in [1.54, 1.807) is 12.3 Å². The van der Waals surface area contributed by atoms with Gasteiger partial charge in [0.05, 0.1) is 11.5 Å². The highest BCUT2D eigenvalue weighted by Gasteiger charge is 2.32. The molecule has 1 amide bonds. The van der Waals surface area contributed by atoms with Crippen LogP contribution in [-0.4, -0.2) is 39.9 Å². The zero-order valence-electron chi connectivity index (χ0n) is 13.5. The van der Waals surface area contributed by atoms with Crippen LogP contribution in [0, 0.1) is 17.0 Å². The fourth-order valence-corrected chi connectivity index (χ4v) is 2.88. The van der Waals surface area contributed by atoms with Gasteiger partial charge in [0.25, 0.3) is 11.6 Å². The summed E-state index contributed by atoms with van der Waals surface area (Å²) in [6.07, 6.45) is 2.15. The molecule has 0 spiro atoms. The summed E-state index contributed by atoms with van der Waals surface area (Å²) < 4.78 is 5.78. The van der Waals surface area contributed by atoms with Crippen LogP contribution in [0.3, 0.4) is 0 Å². The maximum Gasteiger partial charge on any atom is 0.282 e. The number of amides is 1. The third-order valence-corrected chi connectivity index (χ3v) is 4.22. The molecule has 0 saturated carbocycles. The van der Waals surface area contributed by atoms with Crippen LogP contribution in [0.15, 0.2) is 36.5 Å². The van der Waals surface area contributed by atoms with Crippen molar-refractivity contribution in [1.82, 2.24) is 9.88 Å². The summed E-state index contributed by atoms with van der Waals surface area (Å²) in [7, 11) is 0. The highest BCUT2D eigenvalue weighted by Crippen LogP contribution is 2.26. The zero-order valence-corrected chi connectivity index (χ0v) is 14.3. The molecule has 2 heterocycles. The SMILES string of the molecule is Cc1ccc(OC2CCN(C(=O)c3cc(Cl)ccc3[N+](=O)[O-])C2)nc1. The lowest BCUT2D eigenvalue weighted by Crippen LogP contribution is -2.31. The lowest BCUT2D eigenvalue weighted by atomic mass is 10.1. The Labute approximate surface area is 149 Å². The van der Waals surface area contributed by atoms with Crippen LogP contribution >= 0.6 is 11.6 Å². The minimum atomic E-state index is -0.580. The van der Waals surface area contributed by atoms with Crippen LogP contribution in [0.1, 0.15) is 22.3 Å². The lowest BCUT2D eigenvalue weighted by Gasteiger charge is -2.17. The van der Waals surface area contributed by atoms with Gasteiger partial charge in [-0.15, -0.1) is 0 Å². The number of nitro groups is 1. The second-order valence-electron chi connectivity index (χ2n) is 5.87. The average molecular weight is 362 g/mol. The van der Waals surface area contributed by atoms with Gasteiger partial charge in [-0.3, -0.25) is 14.9 Å². The van der Waals surface area contributed by atoms with Gasteiger partial charge in [-0.25, -0.2) is 4.98 Å². The summed E-state index contributed by atoms with van der Waals surface area (Å²) in [4.78, 5) is 28.9. The number of rotatable bonds is 4. The van der Waals surface area contributed by atoms with Crippen molar-refractivity contribution in [2.24, 2.45) is 0 Å². The van der Waals surface area contributed by atoms with Crippen molar-refractivity contribution in [2.45, 2.75) is 19.4 Å². The highest BCUT2D eigenvalue weighted by atomic mass is 35.5. The molecule has 8 heteroatoms. The molecule has 7 nitrogen and oxygen atoms in total. The van der Waals surface area contributed by atoms with E-state index in [2.05, 4.69) is 4.98 Å². The third kappa shape index (κ3) is 3.88. The molecule has 0 radical (unpaired) electrons. The Morgan fingerprint density at radius 2 is 2.20 bits per heavy atom. The molecule has 1 atom stereocenters. The highest BCUT2D eigenvalue weighted by molar-refractivity contribution is 6.31. The summed E-state index contributed by atoms with van der Waals surface area (Å²) in [6, 6.07) is 7.65. The molecular formula is C17H16ClN3O4. The maximum absolute atomic E-state index is 12.7. The van der Waals surface area contributed by atoms with Crippen molar-refractivity contribution in [3.63, 3.8) is 0 Å². The summed E-state index contributed by atoms with van der Waals surface area (Å²) in [5.74, 6) is 0.0794. The van der Waals surface area contributed by atoms with Crippen LogP contribution in [0.4, 0.5) is 5.69 Å². The van der Waals surface area contributed by atoms with E-state index >= 15 is 0 Å². The molecule has 2 aromatic rings. The van der Waals surface area contributed by atoms with E-state index in [-0.39, 0.29) is 22.4 Å². The number of benzene rings is 1. The number of aromatic nitrogens is 1. The second kappa shape index (κ2) is 7.06. The van der Waals surface area contributed by atoms with Gasteiger partial charge in [0.15, 0.2) is 0 Å². The van der Waals surface area contributed by atoms with E-state index < -0.39 is 10.8 Å². The first kappa shape index (κ1) is 17.2. The number of hydrogen-bond acceptors (Lipinski definition) is 5. The average Bonchev–Trinajstić information content (AvgIpc) is 3.04. The number of nitrogens with zero attached hydrogens (tertiary/aromatic N) is 3. The van der Waals surface area contributed by atoms with Gasteiger partial charge in [-0.05, 0) is 24.6 Å². The number of likely N-dealkylation sites (tertiary alicyclic amines) is 1. The number of aryl methyl sites for hydroxylation is 1. The first-order valence-electron chi connectivity index (χ1n) is 7.76. The van der Waals surface area contributed by atoms with Gasteiger partial charge in [0, 0.05) is 36.3 Å². The molecule has 1 aromatic carbocycles. The molecule has 0 aliphatic carbocycles. The van der Waals surface area contributed by atoms with Crippen molar-refractivity contribution >= 4 is 23.2 Å². The fraction of sp³-hybridized carbons (Fsp3) is 0.294. The molecule has 1 saturated heterocycles. The molecule has 1 fully saturated rings. The number of halogens is 1. The van der Waals surface area contributed by atoms with Crippen LogP contribution in [0.5, 0.6) is 5.88 Å². The van der Waals surface area contributed by atoms with Crippen molar-refractivity contribution in [1.29, 1.82) is 0 Å². The van der Waals surface area contributed by atoms with E-state index in [9.17, 15) is 14.9 Å². The zero-order chi connectivity index (χ0) is 18.0. The van der Waals surface area contributed by atoms with Gasteiger partial charge in [-0.1, -0.05) is 17.7 Å². The predicted octanol–water partition coefficient (Wildman–Crippen LogP) is 3.25.